The summed E-state index contributed by atoms with van der Waals surface area (Å²) in [5.74, 6) is -0.0197. The molecule has 0 bridgehead atoms. The van der Waals surface area contributed by atoms with Crippen LogP contribution in [-0.4, -0.2) is 39.0 Å². The Bertz CT molecular complexity index is 976. The van der Waals surface area contributed by atoms with E-state index in [1.54, 1.807) is 0 Å². The van der Waals surface area contributed by atoms with Gasteiger partial charge in [-0.3, -0.25) is 14.9 Å². The van der Waals surface area contributed by atoms with E-state index in [0.717, 1.165) is 28.7 Å². The van der Waals surface area contributed by atoms with Gasteiger partial charge in [-0.25, -0.2) is 9.99 Å². The Morgan fingerprint density at radius 3 is 2.63 bits per heavy atom. The maximum absolute atomic E-state index is 12.3. The van der Waals surface area contributed by atoms with Crippen molar-refractivity contribution in [1.82, 2.24) is 15.0 Å². The molecule has 0 atom stereocenters. The van der Waals surface area contributed by atoms with Gasteiger partial charge < -0.3 is 4.98 Å². The van der Waals surface area contributed by atoms with Crippen LogP contribution >= 0.6 is 0 Å². The molecule has 0 spiro atoms. The Kier molecular flexibility index (Phi) is 4.65. The Morgan fingerprint density at radius 2 is 1.81 bits per heavy atom. The highest BCUT2D eigenvalue weighted by Crippen LogP contribution is 2.16. The second-order valence-corrected chi connectivity index (χ2v) is 6.33. The fourth-order valence-electron chi connectivity index (χ4n) is 3.03. The summed E-state index contributed by atoms with van der Waals surface area (Å²) in [6.07, 6.45) is 0.918. The van der Waals surface area contributed by atoms with Crippen LogP contribution in [0.5, 0.6) is 0 Å². The van der Waals surface area contributed by atoms with Gasteiger partial charge in [0.15, 0.2) is 0 Å². The van der Waals surface area contributed by atoms with E-state index in [-0.39, 0.29) is 24.7 Å². The molecule has 2 amide bonds. The van der Waals surface area contributed by atoms with Crippen molar-refractivity contribution < 1.29 is 9.59 Å². The first-order chi connectivity index (χ1) is 13.2. The summed E-state index contributed by atoms with van der Waals surface area (Å²) in [5, 5.41) is 8.55. The van der Waals surface area contributed by atoms with Gasteiger partial charge in [0.2, 0.25) is 17.8 Å². The molecule has 0 unspecified atom stereocenters. The Balaban J connectivity index is 1.31. The molecule has 3 aromatic rings. The van der Waals surface area contributed by atoms with Gasteiger partial charge in [-0.15, -0.1) is 0 Å². The molecule has 2 aromatic carbocycles. The van der Waals surface area contributed by atoms with Crippen LogP contribution in [0.15, 0.2) is 59.7 Å². The lowest BCUT2D eigenvalue weighted by Gasteiger charge is -2.10. The van der Waals surface area contributed by atoms with Gasteiger partial charge in [-0.2, -0.15) is 5.10 Å². The zero-order valence-corrected chi connectivity index (χ0v) is 14.7. The third-order valence-corrected chi connectivity index (χ3v) is 4.41. The van der Waals surface area contributed by atoms with Crippen LogP contribution in [0.4, 0.5) is 5.95 Å². The van der Waals surface area contributed by atoms with Gasteiger partial charge in [0.05, 0.1) is 23.3 Å². The summed E-state index contributed by atoms with van der Waals surface area (Å²) in [4.78, 5) is 31.8. The molecular weight excluding hydrogens is 342 g/mol. The number of hydrazone groups is 1. The van der Waals surface area contributed by atoms with Crippen molar-refractivity contribution in [2.24, 2.45) is 5.10 Å². The zero-order valence-electron chi connectivity index (χ0n) is 14.7. The highest BCUT2D eigenvalue weighted by atomic mass is 16.2. The summed E-state index contributed by atoms with van der Waals surface area (Å²) in [7, 11) is 0. The number of fused-ring (bicyclic) bond motifs is 1. The Morgan fingerprint density at radius 1 is 1.04 bits per heavy atom. The second-order valence-electron chi connectivity index (χ2n) is 6.33. The number of H-pyrrole nitrogens is 1. The van der Waals surface area contributed by atoms with Gasteiger partial charge in [-0.05, 0) is 17.7 Å². The average molecular weight is 361 g/mol. The highest BCUT2D eigenvalue weighted by Gasteiger charge is 2.22. The molecule has 2 N–H and O–H groups in total. The number of hydrogen-bond donors (Lipinski definition) is 2. The number of nitrogens with one attached hydrogen (secondary N) is 2. The lowest BCUT2D eigenvalue weighted by Crippen LogP contribution is -2.25. The van der Waals surface area contributed by atoms with Crippen molar-refractivity contribution in [3.63, 3.8) is 0 Å². The van der Waals surface area contributed by atoms with E-state index in [2.05, 4.69) is 20.4 Å². The third-order valence-electron chi connectivity index (χ3n) is 4.41. The number of carbonyl (C=O) groups is 2. The van der Waals surface area contributed by atoms with Gasteiger partial charge in [0.1, 0.15) is 0 Å². The molecule has 1 aliphatic rings. The fourth-order valence-corrected chi connectivity index (χ4v) is 3.03. The minimum absolute atomic E-state index is 0.0859. The zero-order chi connectivity index (χ0) is 18.6. The number of rotatable bonds is 5. The minimum atomic E-state index is -0.256. The number of benzene rings is 2. The highest BCUT2D eigenvalue weighted by molar-refractivity contribution is 6.02. The quantitative estimate of drug-likeness (QED) is 0.732. The van der Waals surface area contributed by atoms with E-state index in [4.69, 9.17) is 0 Å². The van der Waals surface area contributed by atoms with Crippen LogP contribution in [0, 0.1) is 0 Å². The van der Waals surface area contributed by atoms with Crippen LogP contribution in [0.1, 0.15) is 24.8 Å². The van der Waals surface area contributed by atoms with Crippen LogP contribution in [0.3, 0.4) is 0 Å². The lowest BCUT2D eigenvalue weighted by atomic mass is 10.1. The van der Waals surface area contributed by atoms with Gasteiger partial charge in [0, 0.05) is 19.3 Å². The van der Waals surface area contributed by atoms with Gasteiger partial charge in [0.25, 0.3) is 0 Å². The number of nitrogens with zero attached hydrogens (tertiary/aromatic N) is 3. The SMILES string of the molecule is O=C(CCC(=O)N1CCC(c2ccccc2)=N1)Nc1nc2ccccc2[nH]1. The lowest BCUT2D eigenvalue weighted by molar-refractivity contribution is -0.132. The predicted molar refractivity (Wildman–Crippen MR) is 103 cm³/mol. The first kappa shape index (κ1) is 17.0. The molecular formula is C20H19N5O2. The van der Waals surface area contributed by atoms with E-state index in [1.807, 2.05) is 54.6 Å². The van der Waals surface area contributed by atoms with Crippen LogP contribution < -0.4 is 5.32 Å². The first-order valence-corrected chi connectivity index (χ1v) is 8.87. The molecule has 4 rings (SSSR count). The van der Waals surface area contributed by atoms with E-state index in [0.29, 0.717) is 12.5 Å². The van der Waals surface area contributed by atoms with Crippen molar-refractivity contribution in [2.75, 3.05) is 11.9 Å². The van der Waals surface area contributed by atoms with Crippen molar-refractivity contribution in [3.05, 3.63) is 60.2 Å². The number of anilines is 1. The molecule has 0 saturated carbocycles. The summed E-state index contributed by atoms with van der Waals surface area (Å²) >= 11 is 0. The minimum Gasteiger partial charge on any atom is -0.324 e. The van der Waals surface area contributed by atoms with Crippen molar-refractivity contribution in [2.45, 2.75) is 19.3 Å². The maximum Gasteiger partial charge on any atom is 0.243 e. The second kappa shape index (κ2) is 7.41. The molecule has 2 heterocycles. The molecule has 7 heteroatoms. The number of carbonyl (C=O) groups excluding carboxylic acids is 2. The summed E-state index contributed by atoms with van der Waals surface area (Å²) in [6, 6.07) is 17.3. The normalized spacial score (nSPS) is 13.6. The summed E-state index contributed by atoms with van der Waals surface area (Å²) < 4.78 is 0. The topological polar surface area (TPSA) is 90.4 Å². The van der Waals surface area contributed by atoms with E-state index in [1.165, 1.54) is 5.01 Å². The molecule has 0 radical (unpaired) electrons. The molecule has 1 aromatic heterocycles. The Hall–Kier alpha value is -3.48. The summed E-state index contributed by atoms with van der Waals surface area (Å²) in [5.41, 5.74) is 3.55. The van der Waals surface area contributed by atoms with Crippen molar-refractivity contribution in [3.8, 4) is 0 Å². The van der Waals surface area contributed by atoms with Gasteiger partial charge >= 0.3 is 0 Å². The van der Waals surface area contributed by atoms with E-state index >= 15 is 0 Å². The van der Waals surface area contributed by atoms with Crippen LogP contribution in [0.2, 0.25) is 0 Å². The maximum atomic E-state index is 12.3. The molecule has 136 valence electrons. The molecule has 0 saturated heterocycles. The Labute approximate surface area is 156 Å². The van der Waals surface area contributed by atoms with E-state index < -0.39 is 0 Å². The molecule has 0 aliphatic carbocycles. The van der Waals surface area contributed by atoms with E-state index in [9.17, 15) is 9.59 Å². The largest absolute Gasteiger partial charge is 0.324 e. The van der Waals surface area contributed by atoms with Crippen LogP contribution in [0.25, 0.3) is 11.0 Å². The molecule has 27 heavy (non-hydrogen) atoms. The van der Waals surface area contributed by atoms with Crippen LogP contribution in [-0.2, 0) is 9.59 Å². The number of para-hydroxylation sites is 2. The average Bonchev–Trinajstić information content (AvgIpc) is 3.33. The smallest absolute Gasteiger partial charge is 0.243 e. The number of aromatic nitrogens is 2. The third kappa shape index (κ3) is 3.87. The molecule has 0 fully saturated rings. The van der Waals surface area contributed by atoms with Crippen molar-refractivity contribution >= 4 is 34.5 Å². The number of hydrogen-bond acceptors (Lipinski definition) is 4. The first-order valence-electron chi connectivity index (χ1n) is 8.87. The predicted octanol–water partition coefficient (Wildman–Crippen LogP) is 2.92. The van der Waals surface area contributed by atoms with Gasteiger partial charge in [-0.1, -0.05) is 42.5 Å². The number of imidazole rings is 1. The molecule has 1 aliphatic heterocycles. The fraction of sp³-hybridized carbons (Fsp3) is 0.200. The number of amides is 2. The van der Waals surface area contributed by atoms with Crippen molar-refractivity contribution in [1.29, 1.82) is 0 Å². The number of aromatic amines is 1. The monoisotopic (exact) mass is 361 g/mol. The standard InChI is InChI=1S/C20H19N5O2/c26-18(23-20-21-16-8-4-5-9-17(16)22-20)10-11-19(27)25-13-12-15(24-25)14-6-2-1-3-7-14/h1-9H,10-13H2,(H2,21,22,23,26). The molecule has 7 nitrogen and oxygen atoms in total. The summed E-state index contributed by atoms with van der Waals surface area (Å²) in [6.45, 7) is 0.550.